The zero-order valence-electron chi connectivity index (χ0n) is 13.9. The number of methoxy groups -OCH3 is 1. The topological polar surface area (TPSA) is 123 Å². The summed E-state index contributed by atoms with van der Waals surface area (Å²) in [5.41, 5.74) is -0.853. The summed E-state index contributed by atoms with van der Waals surface area (Å²) >= 11 is 0. The smallest absolute Gasteiger partial charge is 0.378 e. The van der Waals surface area contributed by atoms with E-state index in [2.05, 4.69) is 0 Å². The molecule has 23 heavy (non-hydrogen) atoms. The molecule has 0 heterocycles. The Morgan fingerprint density at radius 3 is 2.17 bits per heavy atom. The second-order valence-corrected chi connectivity index (χ2v) is 9.56. The average molecular weight is 370 g/mol. The molecule has 0 aliphatic heterocycles. The van der Waals surface area contributed by atoms with Crippen LogP contribution < -0.4 is 0 Å². The molecule has 5 atom stereocenters. The maximum atomic E-state index is 12.1. The summed E-state index contributed by atoms with van der Waals surface area (Å²) in [6.45, 7) is 4.91. The standard InChI is InChI=1S/C12H25BO8P2/c1-12(2,3)21-23(17,18)20-11-9(13)7-8(10(11)19-4)5-6-22(14,15)16/h5-6,8-11H,7,13H2,1-4H3,(H,17,18)(H2,14,15,16)/b6-5+/t8-,9+,10+,11-/m0/s1. The summed E-state index contributed by atoms with van der Waals surface area (Å²) in [4.78, 5) is 27.8. The Bertz CT molecular complexity index is 526. The van der Waals surface area contributed by atoms with Gasteiger partial charge in [0, 0.05) is 18.8 Å². The lowest BCUT2D eigenvalue weighted by Crippen LogP contribution is -2.31. The van der Waals surface area contributed by atoms with Crippen LogP contribution in [-0.2, 0) is 22.9 Å². The summed E-state index contributed by atoms with van der Waals surface area (Å²) < 4.78 is 38.8. The van der Waals surface area contributed by atoms with Gasteiger partial charge in [-0.05, 0) is 33.0 Å². The van der Waals surface area contributed by atoms with Gasteiger partial charge in [0.15, 0.2) is 0 Å². The molecule has 0 radical (unpaired) electrons. The van der Waals surface area contributed by atoms with Crippen molar-refractivity contribution in [3.8, 4) is 0 Å². The Morgan fingerprint density at radius 2 is 1.74 bits per heavy atom. The second kappa shape index (κ2) is 7.50. The molecule has 1 unspecified atom stereocenters. The number of phosphoric acid groups is 1. The molecule has 8 nitrogen and oxygen atoms in total. The van der Waals surface area contributed by atoms with Crippen molar-refractivity contribution >= 4 is 23.3 Å². The monoisotopic (exact) mass is 370 g/mol. The lowest BCUT2D eigenvalue weighted by molar-refractivity contribution is -0.0215. The molecule has 0 aromatic heterocycles. The predicted octanol–water partition coefficient (Wildman–Crippen LogP) is 1.44. The molecule has 0 aromatic rings. The summed E-state index contributed by atoms with van der Waals surface area (Å²) in [5.74, 6) is 0.348. The van der Waals surface area contributed by atoms with Crippen molar-refractivity contribution < 1.29 is 37.6 Å². The molecule has 11 heteroatoms. The highest BCUT2D eigenvalue weighted by Crippen LogP contribution is 2.53. The van der Waals surface area contributed by atoms with E-state index in [0.29, 0.717) is 6.42 Å². The van der Waals surface area contributed by atoms with Crippen molar-refractivity contribution in [2.24, 2.45) is 5.92 Å². The van der Waals surface area contributed by atoms with Gasteiger partial charge < -0.3 is 19.4 Å². The van der Waals surface area contributed by atoms with Crippen LogP contribution in [0, 0.1) is 5.92 Å². The van der Waals surface area contributed by atoms with E-state index in [0.717, 1.165) is 5.82 Å². The highest BCUT2D eigenvalue weighted by Gasteiger charge is 2.45. The van der Waals surface area contributed by atoms with Gasteiger partial charge in [-0.25, -0.2) is 4.57 Å². The fourth-order valence-electron chi connectivity index (χ4n) is 2.67. The van der Waals surface area contributed by atoms with Crippen molar-refractivity contribution in [1.29, 1.82) is 0 Å². The van der Waals surface area contributed by atoms with Crippen molar-refractivity contribution in [1.82, 2.24) is 0 Å². The predicted molar refractivity (Wildman–Crippen MR) is 87.9 cm³/mol. The average Bonchev–Trinajstić information content (AvgIpc) is 2.58. The van der Waals surface area contributed by atoms with Gasteiger partial charge in [-0.2, -0.15) is 0 Å². The molecule has 0 amide bonds. The van der Waals surface area contributed by atoms with E-state index in [1.54, 1.807) is 20.8 Å². The first-order valence-corrected chi connectivity index (χ1v) is 10.4. The van der Waals surface area contributed by atoms with Gasteiger partial charge in [-0.3, -0.25) is 13.6 Å². The van der Waals surface area contributed by atoms with Crippen molar-refractivity contribution in [3.63, 3.8) is 0 Å². The van der Waals surface area contributed by atoms with Crippen LogP contribution in [0.15, 0.2) is 11.9 Å². The molecule has 1 saturated carbocycles. The molecular weight excluding hydrogens is 345 g/mol. The fourth-order valence-corrected chi connectivity index (χ4v) is 4.49. The van der Waals surface area contributed by atoms with Gasteiger partial charge in [0.25, 0.3) is 0 Å². The van der Waals surface area contributed by atoms with Gasteiger partial charge >= 0.3 is 15.4 Å². The Kier molecular flexibility index (Phi) is 6.87. The zero-order chi connectivity index (χ0) is 18.1. The Morgan fingerprint density at radius 1 is 1.17 bits per heavy atom. The lowest BCUT2D eigenvalue weighted by atomic mass is 9.84. The van der Waals surface area contributed by atoms with Gasteiger partial charge in [-0.15, -0.1) is 0 Å². The first-order valence-electron chi connectivity index (χ1n) is 7.23. The van der Waals surface area contributed by atoms with Crippen molar-refractivity contribution in [2.75, 3.05) is 7.11 Å². The van der Waals surface area contributed by atoms with E-state index in [4.69, 9.17) is 23.6 Å². The van der Waals surface area contributed by atoms with Crippen LogP contribution in [-0.4, -0.2) is 47.4 Å². The molecule has 0 bridgehead atoms. The fraction of sp³-hybridized carbons (Fsp3) is 0.833. The maximum absolute atomic E-state index is 12.1. The minimum atomic E-state index is -4.29. The summed E-state index contributed by atoms with van der Waals surface area (Å²) in [5, 5.41) is 0. The third-order valence-corrected chi connectivity index (χ3v) is 5.24. The van der Waals surface area contributed by atoms with E-state index in [9.17, 15) is 14.0 Å². The highest BCUT2D eigenvalue weighted by atomic mass is 31.2. The van der Waals surface area contributed by atoms with Crippen molar-refractivity contribution in [2.45, 2.75) is 50.8 Å². The van der Waals surface area contributed by atoms with Gasteiger partial charge in [-0.1, -0.05) is 6.08 Å². The number of ether oxygens (including phenoxy) is 1. The number of rotatable bonds is 6. The second-order valence-electron chi connectivity index (χ2n) is 6.75. The molecule has 0 aromatic carbocycles. The molecular formula is C12H25BO8P2. The SMILES string of the molecule is B[C@@H]1C[C@H](/C=C/P(=O)(O)O)[C@@H](OC)[C@H]1OP(=O)(O)OC(C)(C)C. The highest BCUT2D eigenvalue weighted by molar-refractivity contribution is 7.55. The van der Waals surface area contributed by atoms with Gasteiger partial charge in [0.2, 0.25) is 0 Å². The first-order chi connectivity index (χ1) is 10.2. The minimum absolute atomic E-state index is 0.143. The minimum Gasteiger partial charge on any atom is -0.378 e. The lowest BCUT2D eigenvalue weighted by Gasteiger charge is -2.29. The van der Waals surface area contributed by atoms with Crippen LogP contribution in [0.5, 0.6) is 0 Å². The van der Waals surface area contributed by atoms with Crippen LogP contribution in [0.4, 0.5) is 0 Å². The van der Waals surface area contributed by atoms with Crippen LogP contribution in [0.1, 0.15) is 27.2 Å². The first kappa shape index (κ1) is 21.1. The van der Waals surface area contributed by atoms with E-state index < -0.39 is 33.2 Å². The molecule has 134 valence electrons. The Balaban J connectivity index is 2.89. The molecule has 1 aliphatic rings. The summed E-state index contributed by atoms with van der Waals surface area (Å²) in [6.07, 6.45) is 0.568. The number of hydrogen-bond acceptors (Lipinski definition) is 5. The van der Waals surface area contributed by atoms with Gasteiger partial charge in [0.05, 0.1) is 17.8 Å². The molecule has 0 spiro atoms. The molecule has 3 N–H and O–H groups in total. The molecule has 1 rings (SSSR count). The molecule has 0 saturated heterocycles. The Labute approximate surface area is 137 Å². The number of hydrogen-bond donors (Lipinski definition) is 3. The van der Waals surface area contributed by atoms with Crippen molar-refractivity contribution in [3.05, 3.63) is 11.9 Å². The van der Waals surface area contributed by atoms with Crippen LogP contribution in [0.3, 0.4) is 0 Å². The summed E-state index contributed by atoms with van der Waals surface area (Å²) in [6, 6.07) is 0. The third-order valence-electron chi connectivity index (χ3n) is 3.39. The van der Waals surface area contributed by atoms with Crippen LogP contribution in [0.25, 0.3) is 0 Å². The molecule has 1 fully saturated rings. The van der Waals surface area contributed by atoms with E-state index in [1.165, 1.54) is 13.2 Å². The van der Waals surface area contributed by atoms with E-state index >= 15 is 0 Å². The largest absolute Gasteiger partial charge is 0.473 e. The van der Waals surface area contributed by atoms with Gasteiger partial charge in [0.1, 0.15) is 7.85 Å². The van der Waals surface area contributed by atoms with Crippen LogP contribution >= 0.6 is 15.4 Å². The number of phosphoric ester groups is 1. The third kappa shape index (κ3) is 7.20. The summed E-state index contributed by atoms with van der Waals surface area (Å²) in [7, 11) is -5.32. The molecule has 1 aliphatic carbocycles. The normalized spacial score (nSPS) is 32.3. The van der Waals surface area contributed by atoms with E-state index in [-0.39, 0.29) is 11.7 Å². The van der Waals surface area contributed by atoms with Crippen LogP contribution in [0.2, 0.25) is 5.82 Å². The Hall–Kier alpha value is 0.0249. The quantitative estimate of drug-likeness (QED) is 0.474. The maximum Gasteiger partial charge on any atom is 0.473 e. The zero-order valence-corrected chi connectivity index (χ0v) is 15.7. The van der Waals surface area contributed by atoms with E-state index in [1.807, 2.05) is 7.85 Å².